The van der Waals surface area contributed by atoms with E-state index in [1.54, 1.807) is 19.2 Å². The van der Waals surface area contributed by atoms with Gasteiger partial charge in [0, 0.05) is 18.8 Å². The quantitative estimate of drug-likeness (QED) is 0.551. The third-order valence-corrected chi connectivity index (χ3v) is 2.11. The highest BCUT2D eigenvalue weighted by molar-refractivity contribution is 6.04. The van der Waals surface area contributed by atoms with Crippen LogP contribution in [0.4, 0.5) is 5.69 Å². The van der Waals surface area contributed by atoms with Crippen LogP contribution in [0.25, 0.3) is 0 Å². The molecule has 0 heterocycles. The number of nitrogens with zero attached hydrogens (tertiary/aromatic N) is 2. The first-order valence-electron chi connectivity index (χ1n) is 5.08. The third kappa shape index (κ3) is 3.75. The van der Waals surface area contributed by atoms with Crippen LogP contribution in [-0.2, 0) is 0 Å². The van der Waals surface area contributed by atoms with E-state index in [4.69, 9.17) is 10.8 Å². The molecule has 0 aliphatic carbocycles. The standard InChI is InChI=1S/C12H14N4O2/c1-14-10(13)7-11(15-2)16-9-5-3-8(4-6-9)12(17)18/h3-7H,1,13H2,2H3,(H,15,16)(H,17,18)/b10-7-. The molecule has 0 aliphatic rings. The molecule has 1 aromatic carbocycles. The molecular formula is C12H14N4O2. The Kier molecular flexibility index (Phi) is 4.62. The highest BCUT2D eigenvalue weighted by atomic mass is 16.4. The second kappa shape index (κ2) is 6.19. The minimum atomic E-state index is -0.967. The first kappa shape index (κ1) is 13.4. The fourth-order valence-electron chi connectivity index (χ4n) is 1.19. The predicted molar refractivity (Wildman–Crippen MR) is 72.2 cm³/mol. The van der Waals surface area contributed by atoms with Gasteiger partial charge in [-0.15, -0.1) is 0 Å². The summed E-state index contributed by atoms with van der Waals surface area (Å²) in [7, 11) is 1.60. The van der Waals surface area contributed by atoms with E-state index >= 15 is 0 Å². The summed E-state index contributed by atoms with van der Waals surface area (Å²) in [5, 5.41) is 11.7. The number of aliphatic imine (C=N–C) groups is 2. The van der Waals surface area contributed by atoms with Crippen LogP contribution in [0.15, 0.2) is 46.1 Å². The van der Waals surface area contributed by atoms with Crippen LogP contribution in [0.1, 0.15) is 10.4 Å². The molecule has 0 amide bonds. The number of aromatic carboxylic acids is 1. The number of nitrogens with one attached hydrogen (secondary N) is 1. The van der Waals surface area contributed by atoms with E-state index in [-0.39, 0.29) is 11.4 Å². The Hall–Kier alpha value is -2.63. The Balaban J connectivity index is 2.83. The number of nitrogens with two attached hydrogens (primary N) is 1. The van der Waals surface area contributed by atoms with E-state index < -0.39 is 5.97 Å². The SMILES string of the molecule is C=N/C(N)=C\C(=N/C)Nc1ccc(C(=O)O)cc1. The Morgan fingerprint density at radius 2 is 2.06 bits per heavy atom. The molecule has 0 aromatic heterocycles. The largest absolute Gasteiger partial charge is 0.478 e. The topological polar surface area (TPSA) is 100 Å². The molecule has 0 saturated carbocycles. The number of rotatable bonds is 4. The highest BCUT2D eigenvalue weighted by Gasteiger charge is 2.02. The molecule has 1 rings (SSSR count). The third-order valence-electron chi connectivity index (χ3n) is 2.11. The maximum atomic E-state index is 10.7. The molecule has 0 radical (unpaired) electrons. The lowest BCUT2D eigenvalue weighted by atomic mass is 10.2. The van der Waals surface area contributed by atoms with Crippen molar-refractivity contribution in [3.63, 3.8) is 0 Å². The molecule has 6 heteroatoms. The monoisotopic (exact) mass is 246 g/mol. The van der Waals surface area contributed by atoms with Crippen LogP contribution in [0, 0.1) is 0 Å². The normalized spacial score (nSPS) is 12.1. The maximum absolute atomic E-state index is 10.7. The second-order valence-electron chi connectivity index (χ2n) is 3.34. The smallest absolute Gasteiger partial charge is 0.335 e. The Morgan fingerprint density at radius 1 is 1.44 bits per heavy atom. The van der Waals surface area contributed by atoms with E-state index in [2.05, 4.69) is 22.0 Å². The number of hydrogen-bond acceptors (Lipinski definition) is 4. The van der Waals surface area contributed by atoms with Crippen molar-refractivity contribution in [1.82, 2.24) is 0 Å². The minimum absolute atomic E-state index is 0.221. The summed E-state index contributed by atoms with van der Waals surface area (Å²) in [6.07, 6.45) is 1.53. The van der Waals surface area contributed by atoms with Gasteiger partial charge in [-0.2, -0.15) is 0 Å². The molecule has 6 nitrogen and oxygen atoms in total. The second-order valence-corrected chi connectivity index (χ2v) is 3.34. The van der Waals surface area contributed by atoms with Crippen LogP contribution >= 0.6 is 0 Å². The minimum Gasteiger partial charge on any atom is -0.478 e. The number of amidine groups is 1. The van der Waals surface area contributed by atoms with Gasteiger partial charge in [-0.3, -0.25) is 4.99 Å². The van der Waals surface area contributed by atoms with Crippen LogP contribution in [0.3, 0.4) is 0 Å². The number of carboxylic acid groups (broad SMARTS) is 1. The van der Waals surface area contributed by atoms with E-state index in [1.165, 1.54) is 18.2 Å². The van der Waals surface area contributed by atoms with Gasteiger partial charge in [0.1, 0.15) is 11.7 Å². The summed E-state index contributed by atoms with van der Waals surface area (Å²) in [4.78, 5) is 18.2. The molecule has 18 heavy (non-hydrogen) atoms. The summed E-state index contributed by atoms with van der Waals surface area (Å²) in [6, 6.07) is 6.27. The van der Waals surface area contributed by atoms with Crippen molar-refractivity contribution in [2.75, 3.05) is 12.4 Å². The number of hydrogen-bond donors (Lipinski definition) is 3. The summed E-state index contributed by atoms with van der Waals surface area (Å²) < 4.78 is 0. The van der Waals surface area contributed by atoms with Crippen LogP contribution in [0.5, 0.6) is 0 Å². The summed E-state index contributed by atoms with van der Waals surface area (Å²) in [5.74, 6) is -0.223. The average Bonchev–Trinajstić information content (AvgIpc) is 2.38. The number of carbonyl (C=O) groups is 1. The lowest BCUT2D eigenvalue weighted by Gasteiger charge is -2.06. The Bertz CT molecular complexity index is 503. The molecule has 1 aromatic rings. The lowest BCUT2D eigenvalue weighted by molar-refractivity contribution is 0.0697. The van der Waals surface area contributed by atoms with Gasteiger partial charge in [-0.05, 0) is 31.0 Å². The van der Waals surface area contributed by atoms with E-state index in [0.717, 1.165) is 0 Å². The summed E-state index contributed by atoms with van der Waals surface area (Å²) in [6.45, 7) is 3.29. The van der Waals surface area contributed by atoms with E-state index in [0.29, 0.717) is 11.5 Å². The number of benzene rings is 1. The van der Waals surface area contributed by atoms with E-state index in [1.807, 2.05) is 0 Å². The number of carboxylic acids is 1. The van der Waals surface area contributed by atoms with Crippen molar-refractivity contribution in [3.8, 4) is 0 Å². The van der Waals surface area contributed by atoms with Crippen molar-refractivity contribution < 1.29 is 9.90 Å². The molecule has 0 atom stereocenters. The van der Waals surface area contributed by atoms with Crippen molar-refractivity contribution in [2.45, 2.75) is 0 Å². The van der Waals surface area contributed by atoms with Gasteiger partial charge in [-0.1, -0.05) is 0 Å². The maximum Gasteiger partial charge on any atom is 0.335 e. The van der Waals surface area contributed by atoms with Crippen molar-refractivity contribution in [1.29, 1.82) is 0 Å². The predicted octanol–water partition coefficient (Wildman–Crippen LogP) is 1.33. The van der Waals surface area contributed by atoms with Crippen molar-refractivity contribution in [3.05, 3.63) is 41.7 Å². The summed E-state index contributed by atoms with van der Waals surface area (Å²) >= 11 is 0. The van der Waals surface area contributed by atoms with Gasteiger partial charge < -0.3 is 16.2 Å². The van der Waals surface area contributed by atoms with Gasteiger partial charge in [0.2, 0.25) is 0 Å². The van der Waals surface area contributed by atoms with Gasteiger partial charge in [-0.25, -0.2) is 9.79 Å². The zero-order valence-corrected chi connectivity index (χ0v) is 9.92. The zero-order chi connectivity index (χ0) is 13.5. The fraction of sp³-hybridized carbons (Fsp3) is 0.0833. The van der Waals surface area contributed by atoms with Crippen LogP contribution in [-0.4, -0.2) is 30.7 Å². The summed E-state index contributed by atoms with van der Waals surface area (Å²) in [5.41, 5.74) is 6.42. The average molecular weight is 246 g/mol. The Labute approximate surface area is 105 Å². The van der Waals surface area contributed by atoms with E-state index in [9.17, 15) is 4.79 Å². The zero-order valence-electron chi connectivity index (χ0n) is 9.92. The highest BCUT2D eigenvalue weighted by Crippen LogP contribution is 2.10. The molecule has 0 unspecified atom stereocenters. The molecule has 0 saturated heterocycles. The fourth-order valence-corrected chi connectivity index (χ4v) is 1.19. The van der Waals surface area contributed by atoms with Gasteiger partial charge >= 0.3 is 5.97 Å². The van der Waals surface area contributed by atoms with Crippen LogP contribution in [0.2, 0.25) is 0 Å². The Morgan fingerprint density at radius 3 is 2.50 bits per heavy atom. The van der Waals surface area contributed by atoms with Crippen LogP contribution < -0.4 is 11.1 Å². The number of anilines is 1. The first-order valence-corrected chi connectivity index (χ1v) is 5.08. The molecule has 0 spiro atoms. The van der Waals surface area contributed by atoms with Gasteiger partial charge in [0.15, 0.2) is 0 Å². The molecule has 0 bridgehead atoms. The molecule has 0 fully saturated rings. The van der Waals surface area contributed by atoms with Gasteiger partial charge in [0.25, 0.3) is 0 Å². The molecule has 0 aliphatic heterocycles. The molecular weight excluding hydrogens is 232 g/mol. The lowest BCUT2D eigenvalue weighted by Crippen LogP contribution is -2.11. The molecule has 94 valence electrons. The first-order chi connectivity index (χ1) is 8.56. The van der Waals surface area contributed by atoms with Gasteiger partial charge in [0.05, 0.1) is 5.56 Å². The van der Waals surface area contributed by atoms with Crippen molar-refractivity contribution >= 4 is 24.2 Å². The molecule has 4 N–H and O–H groups in total. The van der Waals surface area contributed by atoms with Crippen molar-refractivity contribution in [2.24, 2.45) is 15.7 Å².